The molecular formula is C8H6N4. The number of rotatable bonds is 0. The molecule has 0 unspecified atom stereocenters. The lowest BCUT2D eigenvalue weighted by Gasteiger charge is -1.98. The highest BCUT2D eigenvalue weighted by atomic mass is 15.0. The van der Waals surface area contributed by atoms with Crippen molar-refractivity contribution in [3.63, 3.8) is 0 Å². The van der Waals surface area contributed by atoms with Gasteiger partial charge in [-0.05, 0) is 6.07 Å². The van der Waals surface area contributed by atoms with Crippen molar-refractivity contribution in [2.24, 2.45) is 7.05 Å². The zero-order chi connectivity index (χ0) is 8.55. The first kappa shape index (κ1) is 6.80. The molecule has 4 heteroatoms. The third-order valence-corrected chi connectivity index (χ3v) is 1.60. The molecule has 0 N–H and O–H groups in total. The van der Waals surface area contributed by atoms with Crippen molar-refractivity contribution in [3.05, 3.63) is 24.3 Å². The first-order valence-electron chi connectivity index (χ1n) is 3.48. The molecule has 0 radical (unpaired) electrons. The summed E-state index contributed by atoms with van der Waals surface area (Å²) < 4.78 is 1.82. The first-order valence-corrected chi connectivity index (χ1v) is 3.48. The highest BCUT2D eigenvalue weighted by molar-refractivity contribution is 5.58. The molecule has 0 aromatic heterocycles. The van der Waals surface area contributed by atoms with Gasteiger partial charge in [0.25, 0.3) is 0 Å². The van der Waals surface area contributed by atoms with E-state index in [0.29, 0.717) is 11.5 Å². The van der Waals surface area contributed by atoms with E-state index < -0.39 is 0 Å². The lowest BCUT2D eigenvalue weighted by molar-refractivity contribution is 0.862. The molecule has 0 spiro atoms. The molecule has 0 aliphatic carbocycles. The Balaban J connectivity index is 2.70. The summed E-state index contributed by atoms with van der Waals surface area (Å²) in [5.74, 6) is 0.629. The zero-order valence-corrected chi connectivity index (χ0v) is 6.52. The minimum absolute atomic E-state index is 0.420. The summed E-state index contributed by atoms with van der Waals surface area (Å²) in [5.41, 5.74) is 1.32. The van der Waals surface area contributed by atoms with Crippen molar-refractivity contribution in [1.82, 2.24) is 14.5 Å². The van der Waals surface area contributed by atoms with Crippen LogP contribution in [0.4, 0.5) is 0 Å². The van der Waals surface area contributed by atoms with Crippen LogP contribution in [0.15, 0.2) is 18.6 Å². The van der Waals surface area contributed by atoms with E-state index in [2.05, 4.69) is 9.97 Å². The van der Waals surface area contributed by atoms with E-state index in [-0.39, 0.29) is 0 Å². The Kier molecular flexibility index (Phi) is 1.31. The maximum Gasteiger partial charge on any atom is 0.163 e. The summed E-state index contributed by atoms with van der Waals surface area (Å²) in [5, 5.41) is 8.56. The summed E-state index contributed by atoms with van der Waals surface area (Å²) in [6.07, 6.45) is 3.55. The normalized spacial score (nSPS) is 10.0. The molecule has 0 aromatic rings. The maximum atomic E-state index is 8.56. The second-order valence-corrected chi connectivity index (χ2v) is 2.57. The van der Waals surface area contributed by atoms with Crippen LogP contribution >= 0.6 is 0 Å². The highest BCUT2D eigenvalue weighted by Crippen LogP contribution is 2.17. The molecule has 0 amide bonds. The van der Waals surface area contributed by atoms with Crippen LogP contribution in [-0.2, 0) is 7.05 Å². The Hall–Kier alpha value is -1.89. The van der Waals surface area contributed by atoms with Crippen molar-refractivity contribution in [2.45, 2.75) is 0 Å². The number of aromatic nitrogens is 3. The largest absolute Gasteiger partial charge is 0.341 e. The molecule has 0 aromatic carbocycles. The van der Waals surface area contributed by atoms with Crippen molar-refractivity contribution in [2.75, 3.05) is 0 Å². The molecule has 0 fully saturated rings. The third kappa shape index (κ3) is 0.920. The fraction of sp³-hybridized carbons (Fsp3) is 0.125. The van der Waals surface area contributed by atoms with Crippen molar-refractivity contribution in [3.8, 4) is 17.5 Å². The number of hydrogen-bond donors (Lipinski definition) is 0. The Morgan fingerprint density at radius 1 is 1.58 bits per heavy atom. The minimum atomic E-state index is 0.420. The van der Waals surface area contributed by atoms with Gasteiger partial charge in [0.2, 0.25) is 0 Å². The van der Waals surface area contributed by atoms with E-state index in [9.17, 15) is 0 Å². The number of hydrogen-bond acceptors (Lipinski definition) is 3. The Morgan fingerprint density at radius 3 is 3.17 bits per heavy atom. The molecule has 12 heavy (non-hydrogen) atoms. The van der Waals surface area contributed by atoms with Crippen LogP contribution in [0.25, 0.3) is 11.4 Å². The molecule has 58 valence electrons. The van der Waals surface area contributed by atoms with Gasteiger partial charge in [0.15, 0.2) is 5.82 Å². The average molecular weight is 158 g/mol. The molecule has 2 heterocycles. The summed E-state index contributed by atoms with van der Waals surface area (Å²) in [6, 6.07) is 3.70. The predicted octanol–water partition coefficient (Wildman–Crippen LogP) is 0.792. The van der Waals surface area contributed by atoms with E-state index in [1.165, 1.54) is 0 Å². The van der Waals surface area contributed by atoms with Gasteiger partial charge in [-0.15, -0.1) is 0 Å². The topological polar surface area (TPSA) is 54.5 Å². The van der Waals surface area contributed by atoms with Gasteiger partial charge in [0, 0.05) is 18.8 Å². The molecule has 2 rings (SSSR count). The van der Waals surface area contributed by atoms with Crippen molar-refractivity contribution < 1.29 is 0 Å². The van der Waals surface area contributed by atoms with E-state index in [0.717, 1.165) is 5.56 Å². The Labute approximate surface area is 69.4 Å². The molecular weight excluding hydrogens is 152 g/mol. The van der Waals surface area contributed by atoms with Gasteiger partial charge < -0.3 is 4.57 Å². The van der Waals surface area contributed by atoms with Gasteiger partial charge in [-0.3, -0.25) is 0 Å². The van der Waals surface area contributed by atoms with Gasteiger partial charge in [-0.25, -0.2) is 9.97 Å². The molecule has 0 bridgehead atoms. The molecule has 0 saturated carbocycles. The Morgan fingerprint density at radius 2 is 2.42 bits per heavy atom. The summed E-state index contributed by atoms with van der Waals surface area (Å²) in [7, 11) is 1.88. The smallest absolute Gasteiger partial charge is 0.163 e. The maximum absolute atomic E-state index is 8.56. The van der Waals surface area contributed by atoms with E-state index in [1.54, 1.807) is 12.4 Å². The second kappa shape index (κ2) is 2.31. The lowest BCUT2D eigenvalue weighted by atomic mass is 10.3. The van der Waals surface area contributed by atoms with Crippen LogP contribution in [0.3, 0.4) is 0 Å². The molecule has 0 atom stereocenters. The Bertz CT molecular complexity index is 423. The van der Waals surface area contributed by atoms with Crippen molar-refractivity contribution >= 4 is 0 Å². The van der Waals surface area contributed by atoms with Gasteiger partial charge in [0.1, 0.15) is 11.8 Å². The molecule has 0 saturated heterocycles. The standard InChI is InChI=1S/C8H6N4/c1-12-4-6-2-7(3-9)11-8(6)10-5-12/h2,4-5H,1H3. The van der Waals surface area contributed by atoms with Crippen molar-refractivity contribution in [1.29, 1.82) is 5.26 Å². The quantitative estimate of drug-likeness (QED) is 0.569. The van der Waals surface area contributed by atoms with Crippen LogP contribution in [0.1, 0.15) is 5.69 Å². The van der Waals surface area contributed by atoms with Crippen LogP contribution in [0.5, 0.6) is 0 Å². The summed E-state index contributed by atoms with van der Waals surface area (Å²) >= 11 is 0. The SMILES string of the molecule is Cn1cnc2nc(C#N)cc-2c1. The molecule has 2 aliphatic rings. The molecule has 4 nitrogen and oxygen atoms in total. The van der Waals surface area contributed by atoms with Crippen LogP contribution in [-0.4, -0.2) is 14.5 Å². The van der Waals surface area contributed by atoms with Crippen LogP contribution < -0.4 is 0 Å². The fourth-order valence-electron chi connectivity index (χ4n) is 1.08. The van der Waals surface area contributed by atoms with E-state index >= 15 is 0 Å². The first-order chi connectivity index (χ1) is 5.79. The van der Waals surface area contributed by atoms with Gasteiger partial charge in [0.05, 0.1) is 6.33 Å². The van der Waals surface area contributed by atoms with Crippen LogP contribution in [0.2, 0.25) is 0 Å². The van der Waals surface area contributed by atoms with Gasteiger partial charge in [-0.2, -0.15) is 5.26 Å². The number of nitriles is 1. The van der Waals surface area contributed by atoms with Gasteiger partial charge >= 0.3 is 0 Å². The predicted molar refractivity (Wildman–Crippen MR) is 42.3 cm³/mol. The zero-order valence-electron chi connectivity index (χ0n) is 6.52. The number of aryl methyl sites for hydroxylation is 1. The number of nitrogens with zero attached hydrogens (tertiary/aromatic N) is 4. The van der Waals surface area contributed by atoms with Gasteiger partial charge in [-0.1, -0.05) is 0 Å². The minimum Gasteiger partial charge on any atom is -0.341 e. The summed E-state index contributed by atoms with van der Waals surface area (Å²) in [4.78, 5) is 8.04. The average Bonchev–Trinajstić information content (AvgIpc) is 2.46. The number of fused-ring (bicyclic) bond motifs is 1. The second-order valence-electron chi connectivity index (χ2n) is 2.57. The highest BCUT2D eigenvalue weighted by Gasteiger charge is 2.08. The monoisotopic (exact) mass is 158 g/mol. The van der Waals surface area contributed by atoms with Crippen LogP contribution in [0, 0.1) is 11.3 Å². The summed E-state index contributed by atoms with van der Waals surface area (Å²) in [6.45, 7) is 0. The fourth-order valence-corrected chi connectivity index (χ4v) is 1.08. The lowest BCUT2D eigenvalue weighted by Crippen LogP contribution is -1.93. The molecule has 2 aliphatic heterocycles. The van der Waals surface area contributed by atoms with E-state index in [1.807, 2.05) is 23.9 Å². The third-order valence-electron chi connectivity index (χ3n) is 1.60. The van der Waals surface area contributed by atoms with E-state index in [4.69, 9.17) is 5.26 Å².